The molecule has 2 aromatic carbocycles. The van der Waals surface area contributed by atoms with Gasteiger partial charge in [-0.1, -0.05) is 29.8 Å². The Hall–Kier alpha value is -2.42. The van der Waals surface area contributed by atoms with Gasteiger partial charge in [0.05, 0.1) is 5.56 Å². The highest BCUT2D eigenvalue weighted by Crippen LogP contribution is 2.37. The number of fused-ring (bicyclic) bond motifs is 3. The lowest BCUT2D eigenvalue weighted by atomic mass is 10.0. The number of aromatic carboxylic acids is 1. The molecule has 0 saturated carbocycles. The molecule has 3 rings (SSSR count). The minimum absolute atomic E-state index is 0.0944. The molecule has 18 heavy (non-hydrogen) atoms. The van der Waals surface area contributed by atoms with Crippen LogP contribution in [-0.4, -0.2) is 16.9 Å². The largest absolute Gasteiger partial charge is 0.478 e. The zero-order valence-electron chi connectivity index (χ0n) is 9.73. The molecular weight excluding hydrogens is 228 g/mol. The van der Waals surface area contributed by atoms with E-state index in [4.69, 9.17) is 5.11 Å². The minimum Gasteiger partial charge on any atom is -0.478 e. The second-order valence-electron chi connectivity index (χ2n) is 4.44. The van der Waals surface area contributed by atoms with Crippen LogP contribution in [0.15, 0.2) is 36.4 Å². The molecule has 0 bridgehead atoms. The van der Waals surface area contributed by atoms with E-state index in [1.165, 1.54) is 12.1 Å². The molecule has 1 aliphatic rings. The van der Waals surface area contributed by atoms with Crippen LogP contribution < -0.4 is 0 Å². The number of carboxylic acids is 1. The predicted molar refractivity (Wildman–Crippen MR) is 67.0 cm³/mol. The first kappa shape index (κ1) is 10.7. The highest BCUT2D eigenvalue weighted by atomic mass is 16.4. The van der Waals surface area contributed by atoms with Crippen molar-refractivity contribution in [2.24, 2.45) is 0 Å². The average molecular weight is 238 g/mol. The molecule has 88 valence electrons. The van der Waals surface area contributed by atoms with Crippen LogP contribution in [0.2, 0.25) is 0 Å². The molecule has 0 aliphatic heterocycles. The summed E-state index contributed by atoms with van der Waals surface area (Å²) in [6, 6.07) is 10.3. The van der Waals surface area contributed by atoms with Gasteiger partial charge in [0.25, 0.3) is 0 Å². The quantitative estimate of drug-likeness (QED) is 0.709. The Bertz CT molecular complexity index is 699. The van der Waals surface area contributed by atoms with Gasteiger partial charge in [0, 0.05) is 11.1 Å². The second-order valence-corrected chi connectivity index (χ2v) is 4.44. The smallest absolute Gasteiger partial charge is 0.335 e. The minimum atomic E-state index is -1.02. The zero-order valence-corrected chi connectivity index (χ0v) is 9.73. The molecule has 0 aromatic heterocycles. The fourth-order valence-electron chi connectivity index (χ4n) is 2.32. The summed E-state index contributed by atoms with van der Waals surface area (Å²) < 4.78 is 0. The van der Waals surface area contributed by atoms with Crippen molar-refractivity contribution in [3.05, 3.63) is 58.7 Å². The van der Waals surface area contributed by atoms with Crippen molar-refractivity contribution in [3.63, 3.8) is 0 Å². The molecule has 0 spiro atoms. The lowest BCUT2D eigenvalue weighted by Crippen LogP contribution is -2.00. The van der Waals surface area contributed by atoms with E-state index in [1.807, 2.05) is 19.1 Å². The Morgan fingerprint density at radius 3 is 2.39 bits per heavy atom. The lowest BCUT2D eigenvalue weighted by Gasteiger charge is -2.01. The van der Waals surface area contributed by atoms with Gasteiger partial charge in [-0.3, -0.25) is 4.79 Å². The lowest BCUT2D eigenvalue weighted by molar-refractivity contribution is 0.0697. The van der Waals surface area contributed by atoms with Gasteiger partial charge in [-0.05, 0) is 30.2 Å². The molecule has 3 nitrogen and oxygen atoms in total. The van der Waals surface area contributed by atoms with Crippen LogP contribution in [0.5, 0.6) is 0 Å². The summed E-state index contributed by atoms with van der Waals surface area (Å²) in [5.74, 6) is -1.11. The molecule has 1 aliphatic carbocycles. The van der Waals surface area contributed by atoms with Crippen LogP contribution in [0.4, 0.5) is 0 Å². The predicted octanol–water partition coefficient (Wildman–Crippen LogP) is 2.90. The first-order valence-corrected chi connectivity index (χ1v) is 5.61. The van der Waals surface area contributed by atoms with E-state index in [0.29, 0.717) is 11.1 Å². The van der Waals surface area contributed by atoms with Crippen LogP contribution in [0, 0.1) is 6.92 Å². The highest BCUT2D eigenvalue weighted by molar-refractivity contribution is 6.22. The van der Waals surface area contributed by atoms with Crippen molar-refractivity contribution in [1.82, 2.24) is 0 Å². The molecule has 0 unspecified atom stereocenters. The molecule has 0 atom stereocenters. The van der Waals surface area contributed by atoms with Gasteiger partial charge >= 0.3 is 5.97 Å². The third-order valence-electron chi connectivity index (χ3n) is 3.22. The molecule has 0 fully saturated rings. The van der Waals surface area contributed by atoms with Gasteiger partial charge in [0.2, 0.25) is 0 Å². The number of carbonyl (C=O) groups is 2. The summed E-state index contributed by atoms with van der Waals surface area (Å²) in [7, 11) is 0. The Balaban J connectivity index is 2.27. The summed E-state index contributed by atoms with van der Waals surface area (Å²) in [5.41, 5.74) is 4.08. The number of rotatable bonds is 1. The number of ketones is 1. The zero-order chi connectivity index (χ0) is 12.9. The SMILES string of the molecule is Cc1ccc2c(c1)-c1ccc(C(=O)O)cc1C2=O. The van der Waals surface area contributed by atoms with E-state index in [0.717, 1.165) is 16.7 Å². The van der Waals surface area contributed by atoms with E-state index < -0.39 is 5.97 Å². The van der Waals surface area contributed by atoms with Gasteiger partial charge < -0.3 is 5.11 Å². The Kier molecular flexibility index (Phi) is 2.10. The molecular formula is C15H10O3. The normalized spacial score (nSPS) is 12.2. The summed E-state index contributed by atoms with van der Waals surface area (Å²) in [5, 5.41) is 8.95. The van der Waals surface area contributed by atoms with Crippen molar-refractivity contribution in [3.8, 4) is 11.1 Å². The average Bonchev–Trinajstić information content (AvgIpc) is 2.62. The molecule has 3 heteroatoms. The summed E-state index contributed by atoms with van der Waals surface area (Å²) >= 11 is 0. The molecule has 0 radical (unpaired) electrons. The summed E-state index contributed by atoms with van der Waals surface area (Å²) in [4.78, 5) is 23.1. The van der Waals surface area contributed by atoms with Gasteiger partial charge in [-0.25, -0.2) is 4.79 Å². The number of benzene rings is 2. The maximum absolute atomic E-state index is 12.2. The van der Waals surface area contributed by atoms with E-state index >= 15 is 0 Å². The van der Waals surface area contributed by atoms with Crippen molar-refractivity contribution in [1.29, 1.82) is 0 Å². The molecule has 0 heterocycles. The van der Waals surface area contributed by atoms with E-state index in [9.17, 15) is 9.59 Å². The van der Waals surface area contributed by atoms with Crippen molar-refractivity contribution < 1.29 is 14.7 Å². The Labute approximate surface area is 104 Å². The van der Waals surface area contributed by atoms with Crippen molar-refractivity contribution >= 4 is 11.8 Å². The van der Waals surface area contributed by atoms with Gasteiger partial charge in [0.15, 0.2) is 5.78 Å². The first-order chi connectivity index (χ1) is 8.58. The van der Waals surface area contributed by atoms with Crippen LogP contribution in [0.1, 0.15) is 31.8 Å². The summed E-state index contributed by atoms with van der Waals surface area (Å²) in [6.45, 7) is 1.97. The number of hydrogen-bond acceptors (Lipinski definition) is 2. The maximum Gasteiger partial charge on any atom is 0.335 e. The fourth-order valence-corrected chi connectivity index (χ4v) is 2.32. The molecule has 1 N–H and O–H groups in total. The summed E-state index contributed by atoms with van der Waals surface area (Å²) in [6.07, 6.45) is 0. The highest BCUT2D eigenvalue weighted by Gasteiger charge is 2.27. The van der Waals surface area contributed by atoms with E-state index in [1.54, 1.807) is 12.1 Å². The van der Waals surface area contributed by atoms with Crippen LogP contribution in [-0.2, 0) is 0 Å². The fraction of sp³-hybridized carbons (Fsp3) is 0.0667. The van der Waals surface area contributed by atoms with Gasteiger partial charge in [0.1, 0.15) is 0 Å². The number of carboxylic acid groups (broad SMARTS) is 1. The van der Waals surface area contributed by atoms with Crippen molar-refractivity contribution in [2.75, 3.05) is 0 Å². The Morgan fingerprint density at radius 1 is 0.944 bits per heavy atom. The monoisotopic (exact) mass is 238 g/mol. The first-order valence-electron chi connectivity index (χ1n) is 5.61. The second kappa shape index (κ2) is 3.53. The molecule has 0 saturated heterocycles. The van der Waals surface area contributed by atoms with Crippen molar-refractivity contribution in [2.45, 2.75) is 6.92 Å². The molecule has 0 amide bonds. The number of hydrogen-bond donors (Lipinski definition) is 1. The van der Waals surface area contributed by atoms with Crippen LogP contribution in [0.25, 0.3) is 11.1 Å². The molecule has 2 aromatic rings. The van der Waals surface area contributed by atoms with Gasteiger partial charge in [-0.15, -0.1) is 0 Å². The number of aryl methyl sites for hydroxylation is 1. The van der Waals surface area contributed by atoms with E-state index in [2.05, 4.69) is 0 Å². The third-order valence-corrected chi connectivity index (χ3v) is 3.22. The van der Waals surface area contributed by atoms with Crippen LogP contribution >= 0.6 is 0 Å². The third kappa shape index (κ3) is 1.37. The maximum atomic E-state index is 12.2. The van der Waals surface area contributed by atoms with Gasteiger partial charge in [-0.2, -0.15) is 0 Å². The topological polar surface area (TPSA) is 54.4 Å². The number of carbonyl (C=O) groups excluding carboxylic acids is 1. The Morgan fingerprint density at radius 2 is 1.67 bits per heavy atom. The van der Waals surface area contributed by atoms with E-state index in [-0.39, 0.29) is 11.3 Å². The standard InChI is InChI=1S/C15H10O3/c1-8-2-4-11-12(6-8)10-5-3-9(15(17)18)7-13(10)14(11)16/h2-7H,1H3,(H,17,18). The van der Waals surface area contributed by atoms with Crippen LogP contribution in [0.3, 0.4) is 0 Å².